The lowest BCUT2D eigenvalue weighted by molar-refractivity contribution is 0.277. The summed E-state index contributed by atoms with van der Waals surface area (Å²) < 4.78 is 5.58. The van der Waals surface area contributed by atoms with Gasteiger partial charge in [0.2, 0.25) is 0 Å². The van der Waals surface area contributed by atoms with Crippen LogP contribution < -0.4 is 0 Å². The summed E-state index contributed by atoms with van der Waals surface area (Å²) in [6, 6.07) is 7.67. The van der Waals surface area contributed by atoms with Crippen molar-refractivity contribution in [2.45, 2.75) is 20.3 Å². The van der Waals surface area contributed by atoms with E-state index in [-0.39, 0.29) is 0 Å². The Morgan fingerprint density at radius 3 is 2.50 bits per heavy atom. The van der Waals surface area contributed by atoms with Crippen LogP contribution in [0.3, 0.4) is 0 Å². The van der Waals surface area contributed by atoms with Gasteiger partial charge in [-0.15, -0.1) is 0 Å². The Kier molecular flexibility index (Phi) is 4.54. The topological polar surface area (TPSA) is 9.23 Å². The smallest absolute Gasteiger partial charge is 0.122 e. The van der Waals surface area contributed by atoms with Gasteiger partial charge in [0.05, 0.1) is 6.61 Å². The van der Waals surface area contributed by atoms with E-state index in [9.17, 15) is 0 Å². The Hall–Kier alpha value is -0.950. The van der Waals surface area contributed by atoms with E-state index in [1.165, 1.54) is 0 Å². The van der Waals surface area contributed by atoms with Crippen molar-refractivity contribution in [1.29, 1.82) is 0 Å². The number of rotatable bonds is 4. The van der Waals surface area contributed by atoms with Crippen molar-refractivity contribution in [1.82, 2.24) is 0 Å². The lowest BCUT2D eigenvalue weighted by atomic mass is 10.2. The first-order chi connectivity index (χ1) is 6.77. The molecule has 0 unspecified atom stereocenters. The highest BCUT2D eigenvalue weighted by atomic mass is 35.5. The molecule has 0 N–H and O–H groups in total. The Morgan fingerprint density at radius 1 is 1.36 bits per heavy atom. The second-order valence-corrected chi connectivity index (χ2v) is 3.44. The molecule has 0 atom stereocenters. The average molecular weight is 211 g/mol. The third-order valence-corrected chi connectivity index (χ3v) is 2.10. The third-order valence-electron chi connectivity index (χ3n) is 1.85. The molecular weight excluding hydrogens is 196 g/mol. The molecule has 2 heteroatoms. The molecule has 76 valence electrons. The van der Waals surface area contributed by atoms with Gasteiger partial charge in [-0.05, 0) is 43.7 Å². The molecule has 0 heterocycles. The monoisotopic (exact) mass is 210 g/mol. The summed E-state index contributed by atoms with van der Waals surface area (Å²) in [5.74, 6) is 0.920. The van der Waals surface area contributed by atoms with E-state index in [1.807, 2.05) is 37.3 Å². The van der Waals surface area contributed by atoms with Gasteiger partial charge in [-0.2, -0.15) is 0 Å². The van der Waals surface area contributed by atoms with Crippen molar-refractivity contribution >= 4 is 17.4 Å². The second kappa shape index (κ2) is 5.71. The second-order valence-electron chi connectivity index (χ2n) is 3.01. The first-order valence-electron chi connectivity index (χ1n) is 4.83. The maximum atomic E-state index is 5.80. The fourth-order valence-corrected chi connectivity index (χ4v) is 1.29. The van der Waals surface area contributed by atoms with Gasteiger partial charge in [0.1, 0.15) is 5.76 Å². The maximum Gasteiger partial charge on any atom is 0.122 e. The van der Waals surface area contributed by atoms with Crippen LogP contribution in [0.25, 0.3) is 5.76 Å². The number of hydrogen-bond donors (Lipinski definition) is 0. The van der Waals surface area contributed by atoms with Crippen LogP contribution in [-0.2, 0) is 4.74 Å². The predicted molar refractivity (Wildman–Crippen MR) is 61.3 cm³/mol. The van der Waals surface area contributed by atoms with E-state index < -0.39 is 0 Å². The zero-order chi connectivity index (χ0) is 10.4. The van der Waals surface area contributed by atoms with E-state index in [0.29, 0.717) is 0 Å². The summed E-state index contributed by atoms with van der Waals surface area (Å²) in [5.41, 5.74) is 1.07. The SMILES string of the molecule is CC=C(OCCC)c1ccc(Cl)cc1. The molecule has 0 bridgehead atoms. The Balaban J connectivity index is 2.75. The lowest BCUT2D eigenvalue weighted by Crippen LogP contribution is -1.93. The summed E-state index contributed by atoms with van der Waals surface area (Å²) in [5, 5.41) is 0.750. The largest absolute Gasteiger partial charge is 0.493 e. The minimum atomic E-state index is 0.750. The van der Waals surface area contributed by atoms with Gasteiger partial charge in [0.25, 0.3) is 0 Å². The molecule has 0 saturated carbocycles. The van der Waals surface area contributed by atoms with Gasteiger partial charge in [-0.1, -0.05) is 18.5 Å². The van der Waals surface area contributed by atoms with E-state index in [0.717, 1.165) is 29.4 Å². The zero-order valence-electron chi connectivity index (χ0n) is 8.59. The molecule has 0 aliphatic carbocycles. The molecule has 1 aromatic carbocycles. The van der Waals surface area contributed by atoms with E-state index in [2.05, 4.69) is 6.92 Å². The summed E-state index contributed by atoms with van der Waals surface area (Å²) in [4.78, 5) is 0. The molecule has 0 aromatic heterocycles. The Bertz CT molecular complexity index is 301. The first kappa shape index (κ1) is 11.1. The fourth-order valence-electron chi connectivity index (χ4n) is 1.16. The minimum absolute atomic E-state index is 0.750. The van der Waals surface area contributed by atoms with E-state index in [4.69, 9.17) is 16.3 Å². The van der Waals surface area contributed by atoms with Crippen LogP contribution in [0.1, 0.15) is 25.8 Å². The van der Waals surface area contributed by atoms with Crippen molar-refractivity contribution in [2.24, 2.45) is 0 Å². The number of hydrogen-bond acceptors (Lipinski definition) is 1. The van der Waals surface area contributed by atoms with Gasteiger partial charge in [-0.25, -0.2) is 0 Å². The van der Waals surface area contributed by atoms with Crippen LogP contribution >= 0.6 is 11.6 Å². The standard InChI is InChI=1S/C12H15ClO/c1-3-9-14-12(4-2)10-5-7-11(13)8-6-10/h4-8H,3,9H2,1-2H3. The lowest BCUT2D eigenvalue weighted by Gasteiger charge is -2.09. The first-order valence-corrected chi connectivity index (χ1v) is 5.20. The highest BCUT2D eigenvalue weighted by Gasteiger charge is 2.00. The van der Waals surface area contributed by atoms with Crippen molar-refractivity contribution in [2.75, 3.05) is 6.61 Å². The van der Waals surface area contributed by atoms with E-state index in [1.54, 1.807) is 0 Å². The number of ether oxygens (including phenoxy) is 1. The fraction of sp³-hybridized carbons (Fsp3) is 0.333. The molecule has 0 aliphatic heterocycles. The summed E-state index contributed by atoms with van der Waals surface area (Å²) in [7, 11) is 0. The molecule has 0 amide bonds. The normalized spacial score (nSPS) is 11.5. The zero-order valence-corrected chi connectivity index (χ0v) is 9.34. The summed E-state index contributed by atoms with van der Waals surface area (Å²) in [6.45, 7) is 4.82. The Labute approximate surface area is 90.3 Å². The van der Waals surface area contributed by atoms with Crippen LogP contribution in [-0.4, -0.2) is 6.61 Å². The van der Waals surface area contributed by atoms with Crippen LogP contribution in [0, 0.1) is 0 Å². The van der Waals surface area contributed by atoms with Crippen molar-refractivity contribution in [3.63, 3.8) is 0 Å². The molecule has 0 aliphatic rings. The van der Waals surface area contributed by atoms with Gasteiger partial charge < -0.3 is 4.74 Å². The van der Waals surface area contributed by atoms with Crippen molar-refractivity contribution in [3.05, 3.63) is 40.9 Å². The molecular formula is C12H15ClO. The molecule has 0 spiro atoms. The van der Waals surface area contributed by atoms with Gasteiger partial charge in [-0.3, -0.25) is 0 Å². The van der Waals surface area contributed by atoms with Crippen LogP contribution in [0.5, 0.6) is 0 Å². The highest BCUT2D eigenvalue weighted by Crippen LogP contribution is 2.18. The van der Waals surface area contributed by atoms with Crippen LogP contribution in [0.2, 0.25) is 5.02 Å². The van der Waals surface area contributed by atoms with Gasteiger partial charge in [0.15, 0.2) is 0 Å². The van der Waals surface area contributed by atoms with Crippen LogP contribution in [0.4, 0.5) is 0 Å². The molecule has 0 fully saturated rings. The van der Waals surface area contributed by atoms with Crippen molar-refractivity contribution < 1.29 is 4.74 Å². The third kappa shape index (κ3) is 3.08. The van der Waals surface area contributed by atoms with Gasteiger partial charge in [0, 0.05) is 10.6 Å². The van der Waals surface area contributed by atoms with Gasteiger partial charge >= 0.3 is 0 Å². The van der Waals surface area contributed by atoms with Crippen LogP contribution in [0.15, 0.2) is 30.3 Å². The average Bonchev–Trinajstić information content (AvgIpc) is 2.21. The molecule has 1 aromatic rings. The molecule has 14 heavy (non-hydrogen) atoms. The quantitative estimate of drug-likeness (QED) is 0.680. The minimum Gasteiger partial charge on any atom is -0.493 e. The number of allylic oxidation sites excluding steroid dienone is 1. The number of halogens is 1. The molecule has 1 nitrogen and oxygen atoms in total. The highest BCUT2D eigenvalue weighted by molar-refractivity contribution is 6.30. The predicted octanol–water partition coefficient (Wildman–Crippen LogP) is 4.13. The summed E-state index contributed by atoms with van der Waals surface area (Å²) in [6.07, 6.45) is 2.99. The molecule has 0 saturated heterocycles. The Morgan fingerprint density at radius 2 is 2.00 bits per heavy atom. The van der Waals surface area contributed by atoms with E-state index >= 15 is 0 Å². The molecule has 1 rings (SSSR count). The maximum absolute atomic E-state index is 5.80. The molecule has 0 radical (unpaired) electrons. The number of benzene rings is 1. The summed E-state index contributed by atoms with van der Waals surface area (Å²) >= 11 is 5.80. The van der Waals surface area contributed by atoms with Crippen molar-refractivity contribution in [3.8, 4) is 0 Å².